The molecular formula is C11H15ClN2O. The first-order valence-corrected chi connectivity index (χ1v) is 5.44. The second-order valence-corrected chi connectivity index (χ2v) is 3.50. The summed E-state index contributed by atoms with van der Waals surface area (Å²) in [4.78, 5) is 11.6. The Morgan fingerprint density at radius 3 is 2.93 bits per heavy atom. The molecule has 0 bridgehead atoms. The molecule has 3 nitrogen and oxygen atoms in total. The smallest absolute Gasteiger partial charge is 0.251 e. The number of hydrogen-bond donors (Lipinski definition) is 2. The lowest BCUT2D eigenvalue weighted by atomic mass is 10.1. The summed E-state index contributed by atoms with van der Waals surface area (Å²) in [5, 5.41) is 2.79. The number of carbonyl (C=O) groups excluding carboxylic acids is 1. The highest BCUT2D eigenvalue weighted by atomic mass is 35.5. The van der Waals surface area contributed by atoms with Crippen LogP contribution in [-0.4, -0.2) is 19.0 Å². The molecule has 1 rings (SSSR count). The van der Waals surface area contributed by atoms with E-state index >= 15 is 0 Å². The summed E-state index contributed by atoms with van der Waals surface area (Å²) in [5.74, 6) is 0.347. The molecule has 0 radical (unpaired) electrons. The third kappa shape index (κ3) is 3.90. The van der Waals surface area contributed by atoms with Crippen molar-refractivity contribution >= 4 is 17.5 Å². The zero-order chi connectivity index (χ0) is 11.1. The van der Waals surface area contributed by atoms with E-state index in [0.717, 1.165) is 12.0 Å². The first kappa shape index (κ1) is 12.0. The molecule has 0 saturated carbocycles. The minimum atomic E-state index is -0.0737. The van der Waals surface area contributed by atoms with Crippen LogP contribution >= 0.6 is 11.6 Å². The second kappa shape index (κ2) is 6.43. The maximum atomic E-state index is 11.6. The van der Waals surface area contributed by atoms with E-state index in [2.05, 4.69) is 5.32 Å². The van der Waals surface area contributed by atoms with Gasteiger partial charge >= 0.3 is 0 Å². The number of hydrogen-bond acceptors (Lipinski definition) is 2. The zero-order valence-corrected chi connectivity index (χ0v) is 9.26. The summed E-state index contributed by atoms with van der Waals surface area (Å²) in [5.41, 5.74) is 6.92. The topological polar surface area (TPSA) is 55.1 Å². The predicted octanol–water partition coefficient (Wildman–Crippen LogP) is 1.50. The fourth-order valence-electron chi connectivity index (χ4n) is 1.20. The van der Waals surface area contributed by atoms with Crippen molar-refractivity contribution in [3.63, 3.8) is 0 Å². The lowest BCUT2D eigenvalue weighted by Gasteiger charge is -2.05. The third-order valence-electron chi connectivity index (χ3n) is 2.01. The van der Waals surface area contributed by atoms with E-state index < -0.39 is 0 Å². The van der Waals surface area contributed by atoms with Crippen LogP contribution < -0.4 is 11.1 Å². The van der Waals surface area contributed by atoms with Crippen LogP contribution in [0.2, 0.25) is 0 Å². The van der Waals surface area contributed by atoms with E-state index in [0.29, 0.717) is 24.5 Å². The predicted molar refractivity (Wildman–Crippen MR) is 62.0 cm³/mol. The molecule has 0 atom stereocenters. The molecule has 1 aromatic carbocycles. The molecule has 82 valence electrons. The lowest BCUT2D eigenvalue weighted by Crippen LogP contribution is -2.25. The monoisotopic (exact) mass is 226 g/mol. The van der Waals surface area contributed by atoms with Crippen LogP contribution in [0.15, 0.2) is 24.3 Å². The Bertz CT molecular complexity index is 328. The van der Waals surface area contributed by atoms with E-state index in [1.54, 1.807) is 12.1 Å². The molecule has 0 aliphatic heterocycles. The summed E-state index contributed by atoms with van der Waals surface area (Å²) in [6, 6.07) is 7.29. The molecule has 1 amide bonds. The van der Waals surface area contributed by atoms with Gasteiger partial charge in [-0.1, -0.05) is 12.1 Å². The van der Waals surface area contributed by atoms with Crippen molar-refractivity contribution in [3.8, 4) is 0 Å². The van der Waals surface area contributed by atoms with Gasteiger partial charge in [-0.25, -0.2) is 0 Å². The largest absolute Gasteiger partial charge is 0.352 e. The van der Waals surface area contributed by atoms with Crippen LogP contribution in [0.3, 0.4) is 0 Å². The average molecular weight is 227 g/mol. The van der Waals surface area contributed by atoms with Gasteiger partial charge in [-0.05, 0) is 30.7 Å². The Morgan fingerprint density at radius 1 is 1.47 bits per heavy atom. The van der Waals surface area contributed by atoms with Crippen molar-refractivity contribution in [1.29, 1.82) is 0 Å². The normalized spacial score (nSPS) is 10.0. The SMILES string of the molecule is NCCCNC(=O)c1cccc(CCl)c1. The molecule has 0 aliphatic rings. The molecule has 4 heteroatoms. The molecule has 0 spiro atoms. The van der Waals surface area contributed by atoms with Gasteiger partial charge in [0.2, 0.25) is 0 Å². The van der Waals surface area contributed by atoms with Crippen molar-refractivity contribution in [2.75, 3.05) is 13.1 Å². The Morgan fingerprint density at radius 2 is 2.27 bits per heavy atom. The summed E-state index contributed by atoms with van der Waals surface area (Å²) < 4.78 is 0. The molecule has 0 aromatic heterocycles. The van der Waals surface area contributed by atoms with E-state index in [1.807, 2.05) is 12.1 Å². The number of carbonyl (C=O) groups is 1. The van der Waals surface area contributed by atoms with Gasteiger partial charge in [0.25, 0.3) is 5.91 Å². The van der Waals surface area contributed by atoms with E-state index in [-0.39, 0.29) is 5.91 Å². The van der Waals surface area contributed by atoms with Gasteiger partial charge in [0.05, 0.1) is 0 Å². The van der Waals surface area contributed by atoms with E-state index in [9.17, 15) is 4.79 Å². The van der Waals surface area contributed by atoms with Gasteiger partial charge < -0.3 is 11.1 Å². The Balaban J connectivity index is 2.57. The van der Waals surface area contributed by atoms with Gasteiger partial charge in [0.1, 0.15) is 0 Å². The molecule has 3 N–H and O–H groups in total. The van der Waals surface area contributed by atoms with Crippen LogP contribution in [-0.2, 0) is 5.88 Å². The van der Waals surface area contributed by atoms with E-state index in [1.165, 1.54) is 0 Å². The van der Waals surface area contributed by atoms with Crippen molar-refractivity contribution in [3.05, 3.63) is 35.4 Å². The minimum Gasteiger partial charge on any atom is -0.352 e. The number of benzene rings is 1. The number of amides is 1. The summed E-state index contributed by atoms with van der Waals surface area (Å²) in [6.07, 6.45) is 0.793. The molecule has 0 unspecified atom stereocenters. The van der Waals surface area contributed by atoms with Gasteiger partial charge in [0.15, 0.2) is 0 Å². The van der Waals surface area contributed by atoms with Gasteiger partial charge in [-0.2, -0.15) is 0 Å². The minimum absolute atomic E-state index is 0.0737. The van der Waals surface area contributed by atoms with E-state index in [4.69, 9.17) is 17.3 Å². The molecule has 0 heterocycles. The van der Waals surface area contributed by atoms with Crippen molar-refractivity contribution in [2.45, 2.75) is 12.3 Å². The zero-order valence-electron chi connectivity index (χ0n) is 8.50. The van der Waals surface area contributed by atoms with Crippen LogP contribution in [0.25, 0.3) is 0 Å². The number of alkyl halides is 1. The summed E-state index contributed by atoms with van der Waals surface area (Å²) in [7, 11) is 0. The number of rotatable bonds is 5. The molecular weight excluding hydrogens is 212 g/mol. The first-order valence-electron chi connectivity index (χ1n) is 4.91. The highest BCUT2D eigenvalue weighted by Crippen LogP contribution is 2.07. The molecule has 0 saturated heterocycles. The fraction of sp³-hybridized carbons (Fsp3) is 0.364. The number of nitrogens with one attached hydrogen (secondary N) is 1. The van der Waals surface area contributed by atoms with Crippen LogP contribution in [0, 0.1) is 0 Å². The summed E-state index contributed by atoms with van der Waals surface area (Å²) >= 11 is 5.68. The summed E-state index contributed by atoms with van der Waals surface area (Å²) in [6.45, 7) is 1.20. The fourth-order valence-corrected chi connectivity index (χ4v) is 1.37. The Hall–Kier alpha value is -1.06. The van der Waals surface area contributed by atoms with Crippen LogP contribution in [0.4, 0.5) is 0 Å². The molecule has 0 aliphatic carbocycles. The maximum absolute atomic E-state index is 11.6. The van der Waals surface area contributed by atoms with Crippen molar-refractivity contribution < 1.29 is 4.79 Å². The van der Waals surface area contributed by atoms with Crippen LogP contribution in [0.5, 0.6) is 0 Å². The highest BCUT2D eigenvalue weighted by molar-refractivity contribution is 6.17. The van der Waals surface area contributed by atoms with Crippen molar-refractivity contribution in [1.82, 2.24) is 5.32 Å². The second-order valence-electron chi connectivity index (χ2n) is 3.23. The maximum Gasteiger partial charge on any atom is 0.251 e. The van der Waals surface area contributed by atoms with Gasteiger partial charge in [0, 0.05) is 18.0 Å². The van der Waals surface area contributed by atoms with Crippen molar-refractivity contribution in [2.24, 2.45) is 5.73 Å². The lowest BCUT2D eigenvalue weighted by molar-refractivity contribution is 0.0953. The molecule has 0 fully saturated rings. The number of nitrogens with two attached hydrogens (primary N) is 1. The Kier molecular flexibility index (Phi) is 5.15. The van der Waals surface area contributed by atoms with Gasteiger partial charge in [-0.3, -0.25) is 4.79 Å². The average Bonchev–Trinajstić information content (AvgIpc) is 2.29. The molecule has 1 aromatic rings. The van der Waals surface area contributed by atoms with Crippen LogP contribution in [0.1, 0.15) is 22.3 Å². The third-order valence-corrected chi connectivity index (χ3v) is 2.32. The standard InChI is InChI=1S/C11H15ClN2O/c12-8-9-3-1-4-10(7-9)11(15)14-6-2-5-13/h1,3-4,7H,2,5-6,8,13H2,(H,14,15). The number of halogens is 1. The Labute approximate surface area is 94.6 Å². The quantitative estimate of drug-likeness (QED) is 0.591. The highest BCUT2D eigenvalue weighted by Gasteiger charge is 2.04. The van der Waals surface area contributed by atoms with Gasteiger partial charge in [-0.15, -0.1) is 11.6 Å². The first-order chi connectivity index (χ1) is 7.27. The molecule has 15 heavy (non-hydrogen) atoms.